The molecule has 128 valence electrons. The molecule has 2 aromatic rings. The molecule has 0 aliphatic carbocycles. The molecule has 2 rings (SSSR count). The maximum atomic E-state index is 12.0. The summed E-state index contributed by atoms with van der Waals surface area (Å²) in [4.78, 5) is 34.4. The van der Waals surface area contributed by atoms with Crippen LogP contribution >= 0.6 is 0 Å². The molecule has 8 nitrogen and oxygen atoms in total. The summed E-state index contributed by atoms with van der Waals surface area (Å²) >= 11 is 0. The summed E-state index contributed by atoms with van der Waals surface area (Å²) in [6.45, 7) is -0.304. The summed E-state index contributed by atoms with van der Waals surface area (Å²) in [6.07, 6.45) is 0. The lowest BCUT2D eigenvalue weighted by Gasteiger charge is -2.06. The van der Waals surface area contributed by atoms with E-state index in [1.807, 2.05) is 0 Å². The van der Waals surface area contributed by atoms with Gasteiger partial charge < -0.3 is 20.3 Å². The summed E-state index contributed by atoms with van der Waals surface area (Å²) in [6, 6.07) is 10.9. The lowest BCUT2D eigenvalue weighted by atomic mass is 10.1. The maximum Gasteiger partial charge on any atom is 0.343 e. The molecule has 0 fully saturated rings. The average Bonchev–Trinajstić information content (AvgIpc) is 2.60. The van der Waals surface area contributed by atoms with Crippen LogP contribution in [0.15, 0.2) is 48.5 Å². The molecule has 0 saturated heterocycles. The molecule has 0 aliphatic heterocycles. The van der Waals surface area contributed by atoms with Crippen molar-refractivity contribution in [3.05, 3.63) is 65.2 Å². The van der Waals surface area contributed by atoms with Gasteiger partial charge in [0, 0.05) is 0 Å². The van der Waals surface area contributed by atoms with Crippen LogP contribution in [0, 0.1) is 5.41 Å². The third-order valence-electron chi connectivity index (χ3n) is 3.03. The monoisotopic (exact) mass is 342 g/mol. The van der Waals surface area contributed by atoms with Gasteiger partial charge in [0.1, 0.15) is 18.2 Å². The van der Waals surface area contributed by atoms with Crippen LogP contribution in [0.25, 0.3) is 0 Å². The molecule has 0 radical (unpaired) electrons. The Bertz CT molecular complexity index is 812. The van der Waals surface area contributed by atoms with Gasteiger partial charge in [-0.2, -0.15) is 0 Å². The van der Waals surface area contributed by atoms with Crippen LogP contribution in [0.3, 0.4) is 0 Å². The van der Waals surface area contributed by atoms with Gasteiger partial charge in [0.2, 0.25) is 0 Å². The van der Waals surface area contributed by atoms with E-state index in [1.54, 1.807) is 0 Å². The number of amidine groups is 1. The van der Waals surface area contributed by atoms with Gasteiger partial charge >= 0.3 is 17.9 Å². The number of hydrogen-bond donors (Lipinski definition) is 3. The van der Waals surface area contributed by atoms with Crippen molar-refractivity contribution in [2.45, 2.75) is 0 Å². The fourth-order valence-electron chi connectivity index (χ4n) is 1.80. The zero-order valence-electron chi connectivity index (χ0n) is 12.9. The molecule has 0 heterocycles. The van der Waals surface area contributed by atoms with Crippen LogP contribution < -0.4 is 10.5 Å². The first-order valence-electron chi connectivity index (χ1n) is 7.02. The van der Waals surface area contributed by atoms with Crippen molar-refractivity contribution in [1.29, 1.82) is 5.41 Å². The van der Waals surface area contributed by atoms with E-state index in [0.29, 0.717) is 0 Å². The number of hydrogen-bond acceptors (Lipinski definition) is 6. The Morgan fingerprint density at radius 2 is 1.36 bits per heavy atom. The molecule has 0 unspecified atom stereocenters. The first-order chi connectivity index (χ1) is 11.9. The van der Waals surface area contributed by atoms with Crippen LogP contribution in [0.4, 0.5) is 0 Å². The van der Waals surface area contributed by atoms with Crippen molar-refractivity contribution in [3.8, 4) is 5.75 Å². The molecule has 2 aromatic carbocycles. The molecule has 0 saturated carbocycles. The van der Waals surface area contributed by atoms with E-state index in [-0.39, 0.29) is 34.9 Å². The average molecular weight is 342 g/mol. The summed E-state index contributed by atoms with van der Waals surface area (Å²) < 4.78 is 9.91. The van der Waals surface area contributed by atoms with Gasteiger partial charge in [0.05, 0.1) is 16.7 Å². The third-order valence-corrected chi connectivity index (χ3v) is 3.03. The lowest BCUT2D eigenvalue weighted by Crippen LogP contribution is -2.20. The molecule has 25 heavy (non-hydrogen) atoms. The largest absolute Gasteiger partial charge is 0.478 e. The predicted octanol–water partition coefficient (Wildman–Crippen LogP) is 1.70. The lowest BCUT2D eigenvalue weighted by molar-refractivity contribution is 0.0561. The number of rotatable bonds is 6. The zero-order valence-corrected chi connectivity index (χ0v) is 12.9. The summed E-state index contributed by atoms with van der Waals surface area (Å²) in [5.74, 6) is -2.48. The molecular formula is C17H14N2O6. The smallest absolute Gasteiger partial charge is 0.343 e. The minimum absolute atomic E-state index is 0.0602. The van der Waals surface area contributed by atoms with E-state index >= 15 is 0 Å². The number of benzene rings is 2. The van der Waals surface area contributed by atoms with Crippen molar-refractivity contribution in [1.82, 2.24) is 0 Å². The van der Waals surface area contributed by atoms with Crippen LogP contribution in [-0.2, 0) is 4.74 Å². The van der Waals surface area contributed by atoms with E-state index in [9.17, 15) is 14.4 Å². The number of ether oxygens (including phenoxy) is 2. The van der Waals surface area contributed by atoms with Crippen LogP contribution in [0.5, 0.6) is 5.75 Å². The van der Waals surface area contributed by atoms with Gasteiger partial charge in [-0.1, -0.05) is 0 Å². The molecule has 0 amide bonds. The number of nitrogens with one attached hydrogen (secondary N) is 1. The second-order valence-corrected chi connectivity index (χ2v) is 4.90. The SMILES string of the molecule is N=C(N)COC(=O)c1ccc(OC(=O)c2ccc(C(=O)O)cc2)cc1. The molecule has 8 heteroatoms. The predicted molar refractivity (Wildman–Crippen MR) is 87.0 cm³/mol. The molecular weight excluding hydrogens is 328 g/mol. The summed E-state index contributed by atoms with van der Waals surface area (Å²) in [5.41, 5.74) is 5.56. The highest BCUT2D eigenvalue weighted by Gasteiger charge is 2.12. The highest BCUT2D eigenvalue weighted by Crippen LogP contribution is 2.15. The molecule has 0 aliphatic rings. The van der Waals surface area contributed by atoms with Gasteiger partial charge in [-0.15, -0.1) is 0 Å². The molecule has 0 aromatic heterocycles. The Kier molecular flexibility index (Phi) is 5.47. The van der Waals surface area contributed by atoms with E-state index in [2.05, 4.69) is 0 Å². The van der Waals surface area contributed by atoms with E-state index in [4.69, 9.17) is 25.7 Å². The first-order valence-corrected chi connectivity index (χ1v) is 7.02. The quantitative estimate of drug-likeness (QED) is 0.314. The minimum Gasteiger partial charge on any atom is -0.478 e. The number of nitrogens with two attached hydrogens (primary N) is 1. The van der Waals surface area contributed by atoms with Gasteiger partial charge in [0.15, 0.2) is 0 Å². The molecule has 4 N–H and O–H groups in total. The standard InChI is InChI=1S/C17H14N2O6/c18-14(19)9-24-16(22)11-5-7-13(8-6-11)25-17(23)12-3-1-10(2-4-12)15(20)21/h1-8H,9H2,(H3,18,19)(H,20,21). The third kappa shape index (κ3) is 4.90. The number of carboxylic acid groups (broad SMARTS) is 1. The first kappa shape index (κ1) is 17.7. The van der Waals surface area contributed by atoms with Crippen LogP contribution in [0.2, 0.25) is 0 Å². The van der Waals surface area contributed by atoms with Gasteiger partial charge in [-0.05, 0) is 48.5 Å². The van der Waals surface area contributed by atoms with E-state index in [0.717, 1.165) is 0 Å². The number of carbonyl (C=O) groups excluding carboxylic acids is 2. The van der Waals surface area contributed by atoms with Gasteiger partial charge in [-0.3, -0.25) is 5.41 Å². The normalized spacial score (nSPS) is 9.92. The number of carboxylic acids is 1. The van der Waals surface area contributed by atoms with Crippen molar-refractivity contribution < 1.29 is 29.0 Å². The van der Waals surface area contributed by atoms with Gasteiger partial charge in [-0.25, -0.2) is 14.4 Å². The fourth-order valence-corrected chi connectivity index (χ4v) is 1.80. The number of esters is 2. The van der Waals surface area contributed by atoms with Gasteiger partial charge in [0.25, 0.3) is 0 Å². The van der Waals surface area contributed by atoms with Crippen LogP contribution in [0.1, 0.15) is 31.1 Å². The topological polar surface area (TPSA) is 140 Å². The zero-order chi connectivity index (χ0) is 18.4. The van der Waals surface area contributed by atoms with Crippen molar-refractivity contribution in [2.75, 3.05) is 6.61 Å². The Morgan fingerprint density at radius 1 is 0.880 bits per heavy atom. The minimum atomic E-state index is -1.09. The Labute approximate surface area is 142 Å². The number of carbonyl (C=O) groups is 3. The summed E-state index contributed by atoms with van der Waals surface area (Å²) in [7, 11) is 0. The van der Waals surface area contributed by atoms with Crippen molar-refractivity contribution in [3.63, 3.8) is 0 Å². The second kappa shape index (κ2) is 7.73. The highest BCUT2D eigenvalue weighted by molar-refractivity contribution is 5.94. The Balaban J connectivity index is 2.00. The van der Waals surface area contributed by atoms with E-state index in [1.165, 1.54) is 48.5 Å². The second-order valence-electron chi connectivity index (χ2n) is 4.90. The highest BCUT2D eigenvalue weighted by atomic mass is 16.5. The Hall–Kier alpha value is -3.68. The van der Waals surface area contributed by atoms with Crippen molar-refractivity contribution in [2.24, 2.45) is 5.73 Å². The van der Waals surface area contributed by atoms with Crippen LogP contribution in [-0.4, -0.2) is 35.5 Å². The summed E-state index contributed by atoms with van der Waals surface area (Å²) in [5, 5.41) is 15.8. The number of aromatic carboxylic acids is 1. The van der Waals surface area contributed by atoms with E-state index < -0.39 is 17.9 Å². The molecule has 0 spiro atoms. The van der Waals surface area contributed by atoms with Crippen molar-refractivity contribution >= 4 is 23.7 Å². The fraction of sp³-hybridized carbons (Fsp3) is 0.0588. The molecule has 0 atom stereocenters. The maximum absolute atomic E-state index is 12.0. The molecule has 0 bridgehead atoms. The Morgan fingerprint density at radius 3 is 1.88 bits per heavy atom.